The lowest BCUT2D eigenvalue weighted by atomic mass is 10.2. The normalized spacial score (nSPS) is 10.6. The van der Waals surface area contributed by atoms with Crippen LogP contribution in [0.5, 0.6) is 0 Å². The number of carboxylic acids is 1. The van der Waals surface area contributed by atoms with Gasteiger partial charge in [0.1, 0.15) is 0 Å². The minimum Gasteiger partial charge on any atom is -0.481 e. The molecule has 0 saturated heterocycles. The maximum Gasteiger partial charge on any atom is 0.305 e. The molecular weight excluding hydrogens is 344 g/mol. The molecule has 0 aliphatic carbocycles. The molecule has 1 aromatic heterocycles. The van der Waals surface area contributed by atoms with Crippen molar-refractivity contribution in [2.75, 3.05) is 13.1 Å². The number of thioether (sulfide) groups is 1. The molecular formula is C17H20N2O3S2. The lowest BCUT2D eigenvalue weighted by molar-refractivity contribution is -0.137. The van der Waals surface area contributed by atoms with E-state index in [-0.39, 0.29) is 18.9 Å². The van der Waals surface area contributed by atoms with E-state index < -0.39 is 5.97 Å². The van der Waals surface area contributed by atoms with Crippen LogP contribution in [-0.4, -0.2) is 40.0 Å². The second-order valence-corrected chi connectivity index (χ2v) is 7.31. The van der Waals surface area contributed by atoms with Crippen molar-refractivity contribution < 1.29 is 14.7 Å². The minimum absolute atomic E-state index is 0.0411. The van der Waals surface area contributed by atoms with Crippen LogP contribution in [0.1, 0.15) is 34.4 Å². The fraction of sp³-hybridized carbons (Fsp3) is 0.353. The van der Waals surface area contributed by atoms with Crippen LogP contribution < -0.4 is 0 Å². The van der Waals surface area contributed by atoms with E-state index in [1.807, 2.05) is 26.0 Å². The van der Waals surface area contributed by atoms with Crippen LogP contribution in [-0.2, 0) is 10.5 Å². The number of benzene rings is 1. The van der Waals surface area contributed by atoms with Crippen molar-refractivity contribution in [3.8, 4) is 0 Å². The smallest absolute Gasteiger partial charge is 0.305 e. The highest BCUT2D eigenvalue weighted by Crippen LogP contribution is 2.24. The Morgan fingerprint density at radius 3 is 2.54 bits per heavy atom. The highest BCUT2D eigenvalue weighted by atomic mass is 32.2. The van der Waals surface area contributed by atoms with Crippen LogP contribution in [0, 0.1) is 6.92 Å². The number of hydrogen-bond donors (Lipinski definition) is 1. The molecule has 5 nitrogen and oxygen atoms in total. The predicted octanol–water partition coefficient (Wildman–Crippen LogP) is 3.68. The number of aryl methyl sites for hydroxylation is 1. The van der Waals surface area contributed by atoms with Crippen molar-refractivity contribution in [3.05, 3.63) is 45.9 Å². The molecule has 0 fully saturated rings. The van der Waals surface area contributed by atoms with Crippen molar-refractivity contribution >= 4 is 35.0 Å². The molecule has 1 amide bonds. The van der Waals surface area contributed by atoms with Gasteiger partial charge in [0.2, 0.25) is 0 Å². The Kier molecular flexibility index (Phi) is 6.81. The molecule has 0 atom stereocenters. The molecule has 128 valence electrons. The van der Waals surface area contributed by atoms with Gasteiger partial charge in [0, 0.05) is 34.7 Å². The summed E-state index contributed by atoms with van der Waals surface area (Å²) in [7, 11) is 0. The van der Waals surface area contributed by atoms with Gasteiger partial charge in [-0.25, -0.2) is 4.98 Å². The van der Waals surface area contributed by atoms with E-state index in [0.29, 0.717) is 12.1 Å². The first kappa shape index (κ1) is 18.5. The van der Waals surface area contributed by atoms with Crippen molar-refractivity contribution in [2.45, 2.75) is 30.9 Å². The van der Waals surface area contributed by atoms with E-state index in [4.69, 9.17) is 5.11 Å². The third kappa shape index (κ3) is 5.35. The first-order valence-corrected chi connectivity index (χ1v) is 9.51. The molecule has 24 heavy (non-hydrogen) atoms. The molecule has 0 aliphatic rings. The van der Waals surface area contributed by atoms with E-state index in [0.717, 1.165) is 21.3 Å². The number of rotatable bonds is 8. The van der Waals surface area contributed by atoms with Crippen molar-refractivity contribution in [1.29, 1.82) is 0 Å². The Hall–Kier alpha value is -1.86. The number of nitrogens with zero attached hydrogens (tertiary/aromatic N) is 2. The van der Waals surface area contributed by atoms with Gasteiger partial charge in [-0.3, -0.25) is 9.59 Å². The molecule has 0 spiro atoms. The Labute approximate surface area is 149 Å². The summed E-state index contributed by atoms with van der Waals surface area (Å²) < 4.78 is 0. The van der Waals surface area contributed by atoms with Crippen LogP contribution in [0.25, 0.3) is 0 Å². The molecule has 0 aliphatic heterocycles. The first-order chi connectivity index (χ1) is 11.5. The summed E-state index contributed by atoms with van der Waals surface area (Å²) in [5, 5.41) is 11.9. The number of amides is 1. The van der Waals surface area contributed by atoms with E-state index in [2.05, 4.69) is 10.4 Å². The Morgan fingerprint density at radius 2 is 2.00 bits per heavy atom. The summed E-state index contributed by atoms with van der Waals surface area (Å²) in [4.78, 5) is 30.1. The zero-order chi connectivity index (χ0) is 17.5. The second-order valence-electron chi connectivity index (χ2n) is 5.20. The van der Waals surface area contributed by atoms with Crippen LogP contribution in [0.2, 0.25) is 0 Å². The zero-order valence-electron chi connectivity index (χ0n) is 13.7. The van der Waals surface area contributed by atoms with Crippen LogP contribution in [0.15, 0.2) is 34.5 Å². The fourth-order valence-corrected chi connectivity index (χ4v) is 3.65. The van der Waals surface area contributed by atoms with Gasteiger partial charge in [-0.05, 0) is 38.1 Å². The van der Waals surface area contributed by atoms with Crippen LogP contribution >= 0.6 is 23.1 Å². The standard InChI is InChI=1S/C17H20N2O3S2/c1-3-19(9-8-16(20)21)17(22)13-4-6-15(7-5-13)24-11-14-10-23-12(2)18-14/h4-7,10H,3,8-9,11H2,1-2H3,(H,20,21). The number of carbonyl (C=O) groups excluding carboxylic acids is 1. The first-order valence-electron chi connectivity index (χ1n) is 7.64. The summed E-state index contributed by atoms with van der Waals surface area (Å²) in [6.07, 6.45) is -0.0411. The minimum atomic E-state index is -0.898. The molecule has 2 aromatic rings. The lowest BCUT2D eigenvalue weighted by Gasteiger charge is -2.20. The van der Waals surface area contributed by atoms with Gasteiger partial charge in [-0.15, -0.1) is 23.1 Å². The van der Waals surface area contributed by atoms with Crippen molar-refractivity contribution in [3.63, 3.8) is 0 Å². The van der Waals surface area contributed by atoms with Crippen molar-refractivity contribution in [1.82, 2.24) is 9.88 Å². The van der Waals surface area contributed by atoms with Crippen LogP contribution in [0.3, 0.4) is 0 Å². The molecule has 1 heterocycles. The van der Waals surface area contributed by atoms with E-state index in [1.165, 1.54) is 0 Å². The summed E-state index contributed by atoms with van der Waals surface area (Å²) in [6, 6.07) is 7.42. The Bertz CT molecular complexity index is 698. The molecule has 0 saturated carbocycles. The van der Waals surface area contributed by atoms with Gasteiger partial charge in [-0.1, -0.05) is 0 Å². The van der Waals surface area contributed by atoms with Crippen LogP contribution in [0.4, 0.5) is 0 Å². The quantitative estimate of drug-likeness (QED) is 0.724. The zero-order valence-corrected chi connectivity index (χ0v) is 15.3. The highest BCUT2D eigenvalue weighted by molar-refractivity contribution is 7.98. The molecule has 7 heteroatoms. The molecule has 0 radical (unpaired) electrons. The second kappa shape index (κ2) is 8.84. The van der Waals surface area contributed by atoms with E-state index >= 15 is 0 Å². The summed E-state index contributed by atoms with van der Waals surface area (Å²) in [5.74, 6) is -0.229. The maximum atomic E-state index is 12.4. The van der Waals surface area contributed by atoms with Gasteiger partial charge >= 0.3 is 5.97 Å². The third-order valence-corrected chi connectivity index (χ3v) is 5.29. The van der Waals surface area contributed by atoms with Gasteiger partial charge < -0.3 is 10.0 Å². The number of thiazole rings is 1. The summed E-state index contributed by atoms with van der Waals surface area (Å²) in [6.45, 7) is 4.55. The lowest BCUT2D eigenvalue weighted by Crippen LogP contribution is -2.32. The Balaban J connectivity index is 1.94. The maximum absolute atomic E-state index is 12.4. The predicted molar refractivity (Wildman–Crippen MR) is 96.7 cm³/mol. The average molecular weight is 364 g/mol. The Morgan fingerprint density at radius 1 is 1.29 bits per heavy atom. The average Bonchev–Trinajstić information content (AvgIpc) is 2.99. The SMILES string of the molecule is CCN(CCC(=O)O)C(=O)c1ccc(SCc2csc(C)n2)cc1. The number of aliphatic carboxylic acids is 1. The molecule has 1 N–H and O–H groups in total. The van der Waals surface area contributed by atoms with Gasteiger partial charge in [0.05, 0.1) is 17.1 Å². The van der Waals surface area contributed by atoms with E-state index in [1.54, 1.807) is 40.1 Å². The molecule has 0 bridgehead atoms. The summed E-state index contributed by atoms with van der Waals surface area (Å²) >= 11 is 3.32. The largest absolute Gasteiger partial charge is 0.481 e. The molecule has 0 unspecified atom stereocenters. The summed E-state index contributed by atoms with van der Waals surface area (Å²) in [5.41, 5.74) is 1.64. The van der Waals surface area contributed by atoms with Gasteiger partial charge in [0.25, 0.3) is 5.91 Å². The third-order valence-electron chi connectivity index (χ3n) is 3.42. The van der Waals surface area contributed by atoms with Gasteiger partial charge in [0.15, 0.2) is 0 Å². The topological polar surface area (TPSA) is 70.5 Å². The molecule has 2 rings (SSSR count). The van der Waals surface area contributed by atoms with E-state index in [9.17, 15) is 9.59 Å². The number of carboxylic acid groups (broad SMARTS) is 1. The van der Waals surface area contributed by atoms with Gasteiger partial charge in [-0.2, -0.15) is 0 Å². The highest BCUT2D eigenvalue weighted by Gasteiger charge is 2.15. The van der Waals surface area contributed by atoms with Crippen molar-refractivity contribution in [2.24, 2.45) is 0 Å². The monoisotopic (exact) mass is 364 g/mol. The number of hydrogen-bond acceptors (Lipinski definition) is 5. The molecule has 1 aromatic carbocycles. The number of aromatic nitrogens is 1. The number of carbonyl (C=O) groups is 2. The fourth-order valence-electron chi connectivity index (χ4n) is 2.14.